The number of benzene rings is 3. The van der Waals surface area contributed by atoms with Gasteiger partial charge in [-0.1, -0.05) is 29.8 Å². The number of halogens is 1. The van der Waals surface area contributed by atoms with Gasteiger partial charge >= 0.3 is 5.97 Å². The topological polar surface area (TPSA) is 76.1 Å². The molecule has 1 amide bonds. The average molecular weight is 520 g/mol. The van der Waals surface area contributed by atoms with Crippen molar-refractivity contribution in [2.24, 2.45) is 0 Å². The second kappa shape index (κ2) is 10.2. The molecule has 4 rings (SSSR count). The molecule has 3 aromatic carbocycles. The molecule has 1 aliphatic rings. The fourth-order valence-electron chi connectivity index (χ4n) is 5.14. The molecule has 0 saturated heterocycles. The third-order valence-electron chi connectivity index (χ3n) is 7.01. The van der Waals surface area contributed by atoms with E-state index in [1.165, 1.54) is 25.3 Å². The zero-order chi connectivity index (χ0) is 27.9. The highest BCUT2D eigenvalue weighted by Gasteiger charge is 2.37. The lowest BCUT2D eigenvalue weighted by Gasteiger charge is -2.29. The Morgan fingerprint density at radius 1 is 0.974 bits per heavy atom. The summed E-state index contributed by atoms with van der Waals surface area (Å²) in [5.74, 6) is -1.76. The number of ether oxygens (including phenoxy) is 2. The molecule has 38 heavy (non-hydrogen) atoms. The molecule has 0 bridgehead atoms. The first-order valence-corrected chi connectivity index (χ1v) is 12.6. The fraction of sp³-hybridized carbons (Fsp3) is 0.355. The minimum Gasteiger partial charge on any atom is -0.497 e. The summed E-state index contributed by atoms with van der Waals surface area (Å²) >= 11 is 0. The van der Waals surface area contributed by atoms with E-state index in [0.717, 1.165) is 38.9 Å². The second-order valence-electron chi connectivity index (χ2n) is 10.8. The summed E-state index contributed by atoms with van der Waals surface area (Å²) in [6, 6.07) is 12.0. The lowest BCUT2D eigenvalue weighted by Crippen LogP contribution is -2.28. The van der Waals surface area contributed by atoms with Crippen molar-refractivity contribution in [2.75, 3.05) is 7.11 Å². The predicted molar refractivity (Wildman–Crippen MR) is 144 cm³/mol. The van der Waals surface area contributed by atoms with Crippen molar-refractivity contribution in [2.45, 2.75) is 66.3 Å². The van der Waals surface area contributed by atoms with Crippen molar-refractivity contribution in [3.05, 3.63) is 87.2 Å². The maximum Gasteiger partial charge on any atom is 0.337 e. The molecule has 0 aliphatic carbocycles. The van der Waals surface area contributed by atoms with Crippen molar-refractivity contribution >= 4 is 11.9 Å². The summed E-state index contributed by atoms with van der Waals surface area (Å²) in [6.07, 6.45) is -1.21. The lowest BCUT2D eigenvalue weighted by molar-refractivity contribution is -0.160. The molecule has 0 saturated carbocycles. The summed E-state index contributed by atoms with van der Waals surface area (Å²) in [5.41, 5.74) is 6.02. The van der Waals surface area contributed by atoms with Crippen LogP contribution in [0.15, 0.2) is 42.5 Å². The van der Waals surface area contributed by atoms with E-state index in [2.05, 4.69) is 0 Å². The number of methoxy groups -OCH3 is 1. The minimum absolute atomic E-state index is 0.0640. The molecule has 0 aromatic heterocycles. The Balaban J connectivity index is 1.89. The molecular weight excluding hydrogens is 485 g/mol. The van der Waals surface area contributed by atoms with Gasteiger partial charge in [0.1, 0.15) is 11.6 Å². The van der Waals surface area contributed by atoms with Gasteiger partial charge in [0.15, 0.2) is 6.10 Å². The monoisotopic (exact) mass is 519 g/mol. The number of aryl methyl sites for hydroxylation is 1. The van der Waals surface area contributed by atoms with Crippen molar-refractivity contribution in [1.82, 2.24) is 4.90 Å². The van der Waals surface area contributed by atoms with Crippen LogP contribution in [0.3, 0.4) is 0 Å². The van der Waals surface area contributed by atoms with Gasteiger partial charge in [-0.05, 0) is 93.1 Å². The number of fused-ring (bicyclic) bond motifs is 1. The van der Waals surface area contributed by atoms with Crippen molar-refractivity contribution in [1.29, 1.82) is 0 Å². The summed E-state index contributed by atoms with van der Waals surface area (Å²) in [4.78, 5) is 27.6. The largest absolute Gasteiger partial charge is 0.497 e. The molecule has 0 radical (unpaired) electrons. The predicted octanol–water partition coefficient (Wildman–Crippen LogP) is 6.52. The summed E-state index contributed by atoms with van der Waals surface area (Å²) in [5, 5.41) is 10.3. The molecule has 1 N–H and O–H groups in total. The number of amides is 1. The van der Waals surface area contributed by atoms with E-state index in [-0.39, 0.29) is 18.7 Å². The first-order chi connectivity index (χ1) is 17.8. The van der Waals surface area contributed by atoms with Gasteiger partial charge < -0.3 is 19.5 Å². The van der Waals surface area contributed by atoms with Crippen molar-refractivity contribution in [3.8, 4) is 16.9 Å². The normalized spacial score (nSPS) is 13.8. The van der Waals surface area contributed by atoms with Crippen LogP contribution in [0.1, 0.15) is 70.6 Å². The van der Waals surface area contributed by atoms with E-state index in [9.17, 15) is 19.1 Å². The van der Waals surface area contributed by atoms with E-state index in [0.29, 0.717) is 11.3 Å². The van der Waals surface area contributed by atoms with Crippen LogP contribution in [0.2, 0.25) is 0 Å². The Labute approximate surface area is 223 Å². The Hall–Kier alpha value is -3.71. The highest BCUT2D eigenvalue weighted by molar-refractivity contribution is 5.95. The molecular formula is C31H34FNO5. The number of carboxylic acid groups (broad SMARTS) is 1. The van der Waals surface area contributed by atoms with Crippen LogP contribution in [-0.2, 0) is 22.6 Å². The van der Waals surface area contributed by atoms with Crippen molar-refractivity contribution < 1.29 is 28.6 Å². The number of aliphatic carboxylic acids is 1. The molecule has 1 heterocycles. The standard InChI is InChI=1S/C31H34FNO5/c1-17-8-10-20(11-9-17)26-18(2)23-15-33(29(34)22-14-21(37-7)12-13-25(22)32)16-24(23)19(3)27(26)28(30(35)36)38-31(4,5)6/h8-14,28H,15-16H2,1-7H3,(H,35,36). The molecule has 6 nitrogen and oxygen atoms in total. The summed E-state index contributed by atoms with van der Waals surface area (Å²) in [7, 11) is 1.46. The number of rotatable bonds is 6. The molecule has 1 aliphatic heterocycles. The second-order valence-corrected chi connectivity index (χ2v) is 10.8. The zero-order valence-corrected chi connectivity index (χ0v) is 22.9. The smallest absolute Gasteiger partial charge is 0.337 e. The Kier molecular flexibility index (Phi) is 7.35. The van der Waals surface area contributed by atoms with Crippen molar-refractivity contribution in [3.63, 3.8) is 0 Å². The summed E-state index contributed by atoms with van der Waals surface area (Å²) in [6.45, 7) is 11.8. The molecule has 0 fully saturated rings. The fourth-order valence-corrected chi connectivity index (χ4v) is 5.14. The Bertz CT molecular complexity index is 1410. The zero-order valence-electron chi connectivity index (χ0n) is 22.9. The van der Waals surface area contributed by atoms with Crippen LogP contribution in [0, 0.1) is 26.6 Å². The van der Waals surface area contributed by atoms with Crippen LogP contribution < -0.4 is 4.74 Å². The highest BCUT2D eigenvalue weighted by atomic mass is 19.1. The molecule has 1 unspecified atom stereocenters. The number of carboxylic acids is 1. The van der Waals surface area contributed by atoms with E-state index < -0.39 is 29.4 Å². The van der Waals surface area contributed by atoms with Gasteiger partial charge in [-0.15, -0.1) is 0 Å². The first-order valence-electron chi connectivity index (χ1n) is 12.6. The molecule has 7 heteroatoms. The number of carbonyl (C=O) groups excluding carboxylic acids is 1. The van der Waals surface area contributed by atoms with E-state index in [1.54, 1.807) is 4.90 Å². The average Bonchev–Trinajstić information content (AvgIpc) is 3.31. The number of carbonyl (C=O) groups is 2. The minimum atomic E-state index is -1.21. The van der Waals surface area contributed by atoms with Crippen LogP contribution in [0.5, 0.6) is 5.75 Å². The van der Waals surface area contributed by atoms with Gasteiger partial charge in [0.2, 0.25) is 0 Å². The van der Waals surface area contributed by atoms with Gasteiger partial charge in [-0.2, -0.15) is 0 Å². The first kappa shape index (κ1) is 27.3. The van der Waals surface area contributed by atoms with E-state index >= 15 is 0 Å². The van der Waals surface area contributed by atoms with E-state index in [1.807, 2.05) is 65.8 Å². The van der Waals surface area contributed by atoms with Gasteiger partial charge in [-0.3, -0.25) is 4.79 Å². The molecule has 0 spiro atoms. The van der Waals surface area contributed by atoms with Gasteiger partial charge in [-0.25, -0.2) is 9.18 Å². The van der Waals surface area contributed by atoms with Crippen LogP contribution in [0.25, 0.3) is 11.1 Å². The van der Waals surface area contributed by atoms with Gasteiger partial charge in [0.25, 0.3) is 5.91 Å². The van der Waals surface area contributed by atoms with Crippen LogP contribution in [0.4, 0.5) is 4.39 Å². The molecule has 200 valence electrons. The Morgan fingerprint density at radius 3 is 2.13 bits per heavy atom. The highest BCUT2D eigenvalue weighted by Crippen LogP contribution is 2.44. The Morgan fingerprint density at radius 2 is 1.58 bits per heavy atom. The van der Waals surface area contributed by atoms with Crippen LogP contribution in [-0.4, -0.2) is 34.6 Å². The number of hydrogen-bond acceptors (Lipinski definition) is 4. The van der Waals surface area contributed by atoms with Gasteiger partial charge in [0, 0.05) is 18.7 Å². The molecule has 3 aromatic rings. The number of nitrogens with zero attached hydrogens (tertiary/aromatic N) is 1. The van der Waals surface area contributed by atoms with Crippen LogP contribution >= 0.6 is 0 Å². The summed E-state index contributed by atoms with van der Waals surface area (Å²) < 4.78 is 25.9. The maximum atomic E-state index is 14.6. The maximum absolute atomic E-state index is 14.6. The quantitative estimate of drug-likeness (QED) is 0.401. The lowest BCUT2D eigenvalue weighted by atomic mass is 9.83. The van der Waals surface area contributed by atoms with E-state index in [4.69, 9.17) is 9.47 Å². The SMILES string of the molecule is COc1ccc(F)c(C(=O)N2Cc3c(C)c(-c4ccc(C)cc4)c(C(OC(C)(C)C)C(=O)O)c(C)c3C2)c1. The van der Waals surface area contributed by atoms with Gasteiger partial charge in [0.05, 0.1) is 18.3 Å². The third-order valence-corrected chi connectivity index (χ3v) is 7.01. The number of hydrogen-bond donors (Lipinski definition) is 1. The molecule has 1 atom stereocenters. The third kappa shape index (κ3) is 5.16.